The van der Waals surface area contributed by atoms with Crippen LogP contribution in [0.5, 0.6) is 5.75 Å². The van der Waals surface area contributed by atoms with Crippen molar-refractivity contribution in [3.05, 3.63) is 28.1 Å². The topological polar surface area (TPSA) is 97.0 Å². The number of ether oxygens (including phenoxy) is 2. The summed E-state index contributed by atoms with van der Waals surface area (Å²) in [6, 6.07) is 4.53. The normalized spacial score (nSPS) is 15.1. The van der Waals surface area contributed by atoms with E-state index in [1.165, 1.54) is 56.3 Å². The molecule has 1 saturated heterocycles. The maximum Gasteiger partial charge on any atom is 0.308 e. The van der Waals surface area contributed by atoms with Crippen LogP contribution in [0.2, 0.25) is 5.02 Å². The maximum atomic E-state index is 13.1. The molecule has 1 aromatic carbocycles. The SMILES string of the molecule is CCCCCCCCCCCCOC(=O)CC1C(=O)NCCN1C(=S)NC(=O)c1sc2cc(OC)ccc2c1Cl. The van der Waals surface area contributed by atoms with Gasteiger partial charge in [0.1, 0.15) is 16.7 Å². The largest absolute Gasteiger partial charge is 0.497 e. The number of thiocarbonyl (C=S) groups is 1. The summed E-state index contributed by atoms with van der Waals surface area (Å²) in [7, 11) is 1.57. The van der Waals surface area contributed by atoms with Gasteiger partial charge in [0, 0.05) is 23.2 Å². The first-order chi connectivity index (χ1) is 19.3. The van der Waals surface area contributed by atoms with Gasteiger partial charge >= 0.3 is 5.97 Å². The van der Waals surface area contributed by atoms with Crippen molar-refractivity contribution in [3.63, 3.8) is 0 Å². The van der Waals surface area contributed by atoms with Crippen LogP contribution in [-0.2, 0) is 14.3 Å². The molecule has 1 fully saturated rings. The summed E-state index contributed by atoms with van der Waals surface area (Å²) in [4.78, 5) is 40.1. The van der Waals surface area contributed by atoms with E-state index in [4.69, 9.17) is 33.3 Å². The van der Waals surface area contributed by atoms with Crippen LogP contribution in [-0.4, -0.2) is 60.6 Å². The molecule has 0 radical (unpaired) electrons. The van der Waals surface area contributed by atoms with Crippen LogP contribution in [0.1, 0.15) is 87.2 Å². The van der Waals surface area contributed by atoms with Crippen molar-refractivity contribution in [1.82, 2.24) is 15.5 Å². The van der Waals surface area contributed by atoms with Crippen molar-refractivity contribution in [2.24, 2.45) is 0 Å². The Morgan fingerprint density at radius 2 is 1.80 bits per heavy atom. The summed E-state index contributed by atoms with van der Waals surface area (Å²) in [6.45, 7) is 3.27. The van der Waals surface area contributed by atoms with Crippen molar-refractivity contribution in [3.8, 4) is 5.75 Å². The van der Waals surface area contributed by atoms with Gasteiger partial charge in [0.05, 0.1) is 25.2 Å². The fourth-order valence-corrected chi connectivity index (χ4v) is 6.45. The van der Waals surface area contributed by atoms with Gasteiger partial charge in [-0.25, -0.2) is 0 Å². The third kappa shape index (κ3) is 9.31. The number of methoxy groups -OCH3 is 1. The first kappa shape index (κ1) is 32.1. The fraction of sp³-hybridized carbons (Fsp3) is 0.586. The van der Waals surface area contributed by atoms with Gasteiger partial charge in [0.2, 0.25) is 5.91 Å². The quantitative estimate of drug-likeness (QED) is 0.140. The smallest absolute Gasteiger partial charge is 0.308 e. The minimum absolute atomic E-state index is 0.0680. The number of fused-ring (bicyclic) bond motifs is 1. The van der Waals surface area contributed by atoms with Crippen LogP contribution in [0.15, 0.2) is 18.2 Å². The zero-order valence-corrected chi connectivity index (χ0v) is 25.8. The van der Waals surface area contributed by atoms with E-state index in [9.17, 15) is 14.4 Å². The Morgan fingerprint density at radius 1 is 1.12 bits per heavy atom. The molecule has 2 aromatic rings. The molecule has 1 aromatic heterocycles. The van der Waals surface area contributed by atoms with Crippen molar-refractivity contribution in [2.75, 3.05) is 26.8 Å². The number of thiophene rings is 1. The highest BCUT2D eigenvalue weighted by atomic mass is 35.5. The first-order valence-electron chi connectivity index (χ1n) is 14.2. The number of benzene rings is 1. The van der Waals surface area contributed by atoms with Crippen LogP contribution in [0.3, 0.4) is 0 Å². The molecule has 8 nitrogen and oxygen atoms in total. The Balaban J connectivity index is 1.45. The monoisotopic (exact) mass is 609 g/mol. The number of hydrogen-bond donors (Lipinski definition) is 2. The molecule has 0 aliphatic carbocycles. The Kier molecular flexibility index (Phi) is 13.4. The van der Waals surface area contributed by atoms with Gasteiger partial charge in [-0.05, 0) is 36.8 Å². The number of hydrogen-bond acceptors (Lipinski definition) is 7. The van der Waals surface area contributed by atoms with E-state index in [2.05, 4.69) is 17.6 Å². The Labute approximate surface area is 251 Å². The van der Waals surface area contributed by atoms with Crippen molar-refractivity contribution in [1.29, 1.82) is 0 Å². The molecule has 220 valence electrons. The van der Waals surface area contributed by atoms with Gasteiger partial charge in [-0.3, -0.25) is 19.7 Å². The molecular formula is C29H40ClN3O5S2. The Morgan fingerprint density at radius 3 is 2.48 bits per heavy atom. The van der Waals surface area contributed by atoms with Crippen molar-refractivity contribution >= 4 is 68.1 Å². The molecule has 0 spiro atoms. The summed E-state index contributed by atoms with van der Waals surface area (Å²) in [6.07, 6.45) is 11.8. The van der Waals surface area contributed by atoms with Crippen LogP contribution >= 0.6 is 35.2 Å². The minimum atomic E-state index is -0.858. The zero-order chi connectivity index (χ0) is 28.9. The number of amides is 2. The number of carbonyl (C=O) groups is 3. The second-order valence-electron chi connectivity index (χ2n) is 9.97. The van der Waals surface area contributed by atoms with Crippen molar-refractivity contribution < 1.29 is 23.9 Å². The van der Waals surface area contributed by atoms with E-state index in [0.717, 1.165) is 29.3 Å². The molecule has 1 aliphatic heterocycles. The van der Waals surface area contributed by atoms with Gasteiger partial charge in [-0.1, -0.05) is 76.3 Å². The number of esters is 1. The molecule has 2 heterocycles. The lowest BCUT2D eigenvalue weighted by Gasteiger charge is -2.36. The Hall–Kier alpha value is -2.43. The number of nitrogens with one attached hydrogen (secondary N) is 2. The van der Waals surface area contributed by atoms with Crippen LogP contribution in [0.4, 0.5) is 0 Å². The van der Waals surface area contributed by atoms with Gasteiger partial charge < -0.3 is 19.7 Å². The van der Waals surface area contributed by atoms with E-state index in [-0.39, 0.29) is 17.4 Å². The number of nitrogens with zero attached hydrogens (tertiary/aromatic N) is 1. The van der Waals surface area contributed by atoms with E-state index in [0.29, 0.717) is 35.3 Å². The molecule has 1 unspecified atom stereocenters. The standard InChI is InChI=1S/C29H40ClN3O5S2/c1-3-4-5-6-7-8-9-10-11-12-17-38-24(34)19-22-27(35)31-15-16-33(22)29(39)32-28(36)26-25(30)21-14-13-20(37-2)18-23(21)40-26/h13-14,18,22H,3-12,15-17,19H2,1-2H3,(H,31,35)(H,32,36,39). The Bertz CT molecular complexity index is 1170. The van der Waals surface area contributed by atoms with Crippen LogP contribution in [0, 0.1) is 0 Å². The van der Waals surface area contributed by atoms with Crippen LogP contribution < -0.4 is 15.4 Å². The molecule has 1 aliphatic rings. The average Bonchev–Trinajstić information content (AvgIpc) is 3.28. The number of unbranched alkanes of at least 4 members (excludes halogenated alkanes) is 9. The highest BCUT2D eigenvalue weighted by Gasteiger charge is 2.34. The second kappa shape index (κ2) is 16.7. The summed E-state index contributed by atoms with van der Waals surface area (Å²) in [5.41, 5.74) is 0. The highest BCUT2D eigenvalue weighted by molar-refractivity contribution is 7.80. The molecule has 40 heavy (non-hydrogen) atoms. The summed E-state index contributed by atoms with van der Waals surface area (Å²) >= 11 is 13.2. The molecule has 2 amide bonds. The summed E-state index contributed by atoms with van der Waals surface area (Å²) < 4.78 is 11.5. The molecular weight excluding hydrogens is 570 g/mol. The molecule has 11 heteroatoms. The van der Waals surface area contributed by atoms with E-state index >= 15 is 0 Å². The number of piperazine rings is 1. The summed E-state index contributed by atoms with van der Waals surface area (Å²) in [5.74, 6) is -0.595. The third-order valence-corrected chi connectivity index (χ3v) is 8.97. The van der Waals surface area contributed by atoms with Crippen LogP contribution in [0.25, 0.3) is 10.1 Å². The highest BCUT2D eigenvalue weighted by Crippen LogP contribution is 2.37. The predicted molar refractivity (Wildman–Crippen MR) is 164 cm³/mol. The zero-order valence-electron chi connectivity index (χ0n) is 23.4. The predicted octanol–water partition coefficient (Wildman–Crippen LogP) is 6.23. The van der Waals surface area contributed by atoms with E-state index in [1.807, 2.05) is 6.07 Å². The van der Waals surface area contributed by atoms with E-state index in [1.54, 1.807) is 24.1 Å². The summed E-state index contributed by atoms with van der Waals surface area (Å²) in [5, 5.41) is 6.59. The third-order valence-electron chi connectivity index (χ3n) is 6.98. The average molecular weight is 610 g/mol. The van der Waals surface area contributed by atoms with Gasteiger partial charge in [0.25, 0.3) is 5.91 Å². The number of rotatable bonds is 15. The molecule has 0 saturated carbocycles. The minimum Gasteiger partial charge on any atom is -0.497 e. The second-order valence-corrected chi connectivity index (χ2v) is 11.8. The molecule has 2 N–H and O–H groups in total. The fourth-order valence-electron chi connectivity index (χ4n) is 4.70. The molecule has 0 bridgehead atoms. The molecule has 3 rings (SSSR count). The lowest BCUT2D eigenvalue weighted by Crippen LogP contribution is -2.60. The first-order valence-corrected chi connectivity index (χ1v) is 15.8. The van der Waals surface area contributed by atoms with E-state index < -0.39 is 17.9 Å². The number of carbonyl (C=O) groups excluding carboxylic acids is 3. The van der Waals surface area contributed by atoms with Gasteiger partial charge in [-0.2, -0.15) is 0 Å². The van der Waals surface area contributed by atoms with Gasteiger partial charge in [-0.15, -0.1) is 11.3 Å². The van der Waals surface area contributed by atoms with Crippen molar-refractivity contribution in [2.45, 2.75) is 83.6 Å². The maximum absolute atomic E-state index is 13.1. The van der Waals surface area contributed by atoms with Gasteiger partial charge in [0.15, 0.2) is 5.11 Å². The number of halogens is 1. The lowest BCUT2D eigenvalue weighted by molar-refractivity contribution is -0.147. The lowest BCUT2D eigenvalue weighted by atomic mass is 10.1. The molecule has 1 atom stereocenters.